The molecule has 1 fully saturated rings. The molecule has 4 heteroatoms. The van der Waals surface area contributed by atoms with Crippen molar-refractivity contribution < 1.29 is 9.53 Å². The lowest BCUT2D eigenvalue weighted by Gasteiger charge is -2.29. The zero-order valence-corrected chi connectivity index (χ0v) is 12.9. The molecule has 3 rings (SSSR count). The maximum atomic E-state index is 12.5. The molecule has 1 aliphatic carbocycles. The quantitative estimate of drug-likeness (QED) is 0.932. The van der Waals surface area contributed by atoms with Crippen molar-refractivity contribution in [1.29, 1.82) is 0 Å². The van der Waals surface area contributed by atoms with E-state index in [0.717, 1.165) is 17.7 Å². The number of amides is 1. The first-order chi connectivity index (χ1) is 10.7. The molecular weight excluding hydrogens is 276 g/mol. The third kappa shape index (κ3) is 3.57. The van der Waals surface area contributed by atoms with E-state index in [-0.39, 0.29) is 11.9 Å². The Morgan fingerprint density at radius 2 is 1.95 bits per heavy atom. The number of anilines is 1. The van der Waals surface area contributed by atoms with E-state index in [4.69, 9.17) is 4.74 Å². The Morgan fingerprint density at radius 1 is 1.23 bits per heavy atom. The second kappa shape index (κ2) is 6.79. The summed E-state index contributed by atoms with van der Waals surface area (Å²) < 4.78 is 5.31. The Labute approximate surface area is 131 Å². The summed E-state index contributed by atoms with van der Waals surface area (Å²) in [6.07, 6.45) is 6.74. The molecule has 1 aliphatic heterocycles. The van der Waals surface area contributed by atoms with Crippen LogP contribution in [0.1, 0.15) is 12.0 Å². The second-order valence-electron chi connectivity index (χ2n) is 5.80. The van der Waals surface area contributed by atoms with Gasteiger partial charge in [-0.25, -0.2) is 0 Å². The summed E-state index contributed by atoms with van der Waals surface area (Å²) >= 11 is 0. The highest BCUT2D eigenvalue weighted by Crippen LogP contribution is 2.20. The van der Waals surface area contributed by atoms with Crippen LogP contribution < -0.4 is 5.32 Å². The normalized spacial score (nSPS) is 21.4. The molecule has 2 aliphatic rings. The van der Waals surface area contributed by atoms with Gasteiger partial charge in [-0.05, 0) is 19.1 Å². The summed E-state index contributed by atoms with van der Waals surface area (Å²) in [6, 6.07) is 8.48. The molecule has 22 heavy (non-hydrogen) atoms. The van der Waals surface area contributed by atoms with E-state index < -0.39 is 0 Å². The minimum absolute atomic E-state index is 0.142. The van der Waals surface area contributed by atoms with Crippen LogP contribution >= 0.6 is 0 Å². The summed E-state index contributed by atoms with van der Waals surface area (Å²) in [4.78, 5) is 14.4. The second-order valence-corrected chi connectivity index (χ2v) is 5.80. The number of carbonyl (C=O) groups is 1. The highest BCUT2D eigenvalue weighted by molar-refractivity contribution is 5.94. The third-order valence-corrected chi connectivity index (χ3v) is 4.06. The van der Waals surface area contributed by atoms with Crippen molar-refractivity contribution in [2.24, 2.45) is 0 Å². The van der Waals surface area contributed by atoms with Gasteiger partial charge in [0.25, 0.3) is 0 Å². The molecule has 1 heterocycles. The molecule has 1 aromatic rings. The molecule has 116 valence electrons. The summed E-state index contributed by atoms with van der Waals surface area (Å²) in [6.45, 7) is 4.73. The number of carbonyl (C=O) groups excluding carboxylic acids is 1. The van der Waals surface area contributed by atoms with Crippen LogP contribution in [-0.2, 0) is 9.53 Å². The van der Waals surface area contributed by atoms with Crippen molar-refractivity contribution in [3.8, 4) is 0 Å². The highest BCUT2D eigenvalue weighted by Gasteiger charge is 2.23. The maximum Gasteiger partial charge on any atom is 0.250 e. The van der Waals surface area contributed by atoms with Gasteiger partial charge in [0.1, 0.15) is 0 Å². The SMILES string of the molecule is Cc1ccc(NC2C=CC=C(C(=O)N3CCOCC3)C2)cc1. The molecule has 0 spiro atoms. The number of nitrogens with zero attached hydrogens (tertiary/aromatic N) is 1. The van der Waals surface area contributed by atoms with Gasteiger partial charge in [0, 0.05) is 36.8 Å². The molecule has 0 saturated carbocycles. The Kier molecular flexibility index (Phi) is 4.59. The molecule has 1 unspecified atom stereocenters. The largest absolute Gasteiger partial charge is 0.378 e. The van der Waals surface area contributed by atoms with Crippen molar-refractivity contribution in [2.45, 2.75) is 19.4 Å². The van der Waals surface area contributed by atoms with Crippen LogP contribution in [-0.4, -0.2) is 43.2 Å². The monoisotopic (exact) mass is 298 g/mol. The lowest BCUT2D eigenvalue weighted by atomic mass is 9.99. The van der Waals surface area contributed by atoms with E-state index in [1.165, 1.54) is 5.56 Å². The smallest absolute Gasteiger partial charge is 0.250 e. The molecule has 1 atom stereocenters. The zero-order valence-electron chi connectivity index (χ0n) is 12.9. The molecule has 0 radical (unpaired) electrons. The van der Waals surface area contributed by atoms with E-state index in [2.05, 4.69) is 42.6 Å². The van der Waals surface area contributed by atoms with Crippen LogP contribution in [0.4, 0.5) is 5.69 Å². The minimum atomic E-state index is 0.142. The topological polar surface area (TPSA) is 41.6 Å². The Balaban J connectivity index is 1.61. The predicted molar refractivity (Wildman–Crippen MR) is 87.8 cm³/mol. The molecule has 1 amide bonds. The van der Waals surface area contributed by atoms with Crippen LogP contribution in [0, 0.1) is 6.92 Å². The molecule has 4 nitrogen and oxygen atoms in total. The number of rotatable bonds is 3. The Morgan fingerprint density at radius 3 is 2.68 bits per heavy atom. The zero-order chi connectivity index (χ0) is 15.4. The fourth-order valence-corrected chi connectivity index (χ4v) is 2.77. The van der Waals surface area contributed by atoms with Crippen molar-refractivity contribution in [2.75, 3.05) is 31.6 Å². The van der Waals surface area contributed by atoms with Gasteiger partial charge in [0.2, 0.25) is 5.91 Å². The number of ether oxygens (including phenoxy) is 1. The predicted octanol–water partition coefficient (Wildman–Crippen LogP) is 2.52. The number of morpholine rings is 1. The Bertz CT molecular complexity index is 584. The van der Waals surface area contributed by atoms with Crippen molar-refractivity contribution >= 4 is 11.6 Å². The highest BCUT2D eigenvalue weighted by atomic mass is 16.5. The van der Waals surface area contributed by atoms with Crippen LogP contribution in [0.2, 0.25) is 0 Å². The standard InChI is InChI=1S/C18H22N2O2/c1-14-5-7-16(8-6-14)19-17-4-2-3-15(13-17)18(21)20-9-11-22-12-10-20/h2-8,17,19H,9-13H2,1H3. The average Bonchev–Trinajstić information content (AvgIpc) is 2.57. The van der Waals surface area contributed by atoms with Gasteiger partial charge in [-0.15, -0.1) is 0 Å². The summed E-state index contributed by atoms with van der Waals surface area (Å²) in [5, 5.41) is 3.47. The van der Waals surface area contributed by atoms with E-state index in [1.54, 1.807) is 0 Å². The lowest BCUT2D eigenvalue weighted by molar-refractivity contribution is -0.131. The first-order valence-corrected chi connectivity index (χ1v) is 7.80. The van der Waals surface area contributed by atoms with Gasteiger partial charge >= 0.3 is 0 Å². The van der Waals surface area contributed by atoms with Crippen LogP contribution in [0.3, 0.4) is 0 Å². The maximum absolute atomic E-state index is 12.5. The summed E-state index contributed by atoms with van der Waals surface area (Å²) in [7, 11) is 0. The average molecular weight is 298 g/mol. The van der Waals surface area contributed by atoms with Gasteiger partial charge in [0.05, 0.1) is 13.2 Å². The molecule has 1 saturated heterocycles. The number of benzene rings is 1. The van der Waals surface area contributed by atoms with Crippen LogP contribution in [0.15, 0.2) is 48.1 Å². The first kappa shape index (κ1) is 14.9. The van der Waals surface area contributed by atoms with Gasteiger partial charge in [-0.3, -0.25) is 4.79 Å². The summed E-state index contributed by atoms with van der Waals surface area (Å²) in [5.41, 5.74) is 3.20. The van der Waals surface area contributed by atoms with Crippen molar-refractivity contribution in [3.05, 3.63) is 53.6 Å². The Hall–Kier alpha value is -2.07. The van der Waals surface area contributed by atoms with E-state index in [0.29, 0.717) is 26.3 Å². The third-order valence-electron chi connectivity index (χ3n) is 4.06. The summed E-state index contributed by atoms with van der Waals surface area (Å²) in [5.74, 6) is 0.142. The van der Waals surface area contributed by atoms with Gasteiger partial charge < -0.3 is 15.0 Å². The van der Waals surface area contributed by atoms with Gasteiger partial charge in [0.15, 0.2) is 0 Å². The van der Waals surface area contributed by atoms with Gasteiger partial charge in [-0.1, -0.05) is 35.9 Å². The van der Waals surface area contributed by atoms with Crippen molar-refractivity contribution in [3.63, 3.8) is 0 Å². The van der Waals surface area contributed by atoms with Crippen molar-refractivity contribution in [1.82, 2.24) is 4.90 Å². The molecule has 1 aromatic carbocycles. The molecular formula is C18H22N2O2. The lowest BCUT2D eigenvalue weighted by Crippen LogP contribution is -2.42. The fraction of sp³-hybridized carbons (Fsp3) is 0.389. The number of aryl methyl sites for hydroxylation is 1. The number of nitrogens with one attached hydrogen (secondary N) is 1. The van der Waals surface area contributed by atoms with Crippen LogP contribution in [0.25, 0.3) is 0 Å². The van der Waals surface area contributed by atoms with Gasteiger partial charge in [-0.2, -0.15) is 0 Å². The van der Waals surface area contributed by atoms with E-state index >= 15 is 0 Å². The van der Waals surface area contributed by atoms with E-state index in [9.17, 15) is 4.79 Å². The first-order valence-electron chi connectivity index (χ1n) is 7.80. The number of allylic oxidation sites excluding steroid dienone is 2. The molecule has 0 aromatic heterocycles. The number of hydrogen-bond donors (Lipinski definition) is 1. The fourth-order valence-electron chi connectivity index (χ4n) is 2.77. The number of hydrogen-bond acceptors (Lipinski definition) is 3. The molecule has 1 N–H and O–H groups in total. The molecule has 0 bridgehead atoms. The minimum Gasteiger partial charge on any atom is -0.378 e. The van der Waals surface area contributed by atoms with E-state index in [1.807, 2.05) is 17.1 Å². The van der Waals surface area contributed by atoms with Crippen LogP contribution in [0.5, 0.6) is 0 Å².